The topological polar surface area (TPSA) is 95.5 Å². The van der Waals surface area contributed by atoms with Crippen molar-refractivity contribution in [3.8, 4) is 11.8 Å². The van der Waals surface area contributed by atoms with Gasteiger partial charge in [-0.05, 0) is 20.8 Å². The molecule has 9 heteroatoms. The van der Waals surface area contributed by atoms with Crippen LogP contribution in [0.1, 0.15) is 31.1 Å². The number of anilines is 1. The summed E-state index contributed by atoms with van der Waals surface area (Å²) >= 11 is 1.23. The van der Waals surface area contributed by atoms with Gasteiger partial charge in [0, 0.05) is 19.2 Å². The number of hydrogen-bond donors (Lipinski definition) is 1. The monoisotopic (exact) mass is 352 g/mol. The zero-order chi connectivity index (χ0) is 17.5. The number of carbonyl (C=O) groups excluding carboxylic acids is 1. The zero-order valence-electron chi connectivity index (χ0n) is 14.0. The maximum atomic E-state index is 12.4. The van der Waals surface area contributed by atoms with Crippen molar-refractivity contribution in [2.45, 2.75) is 33.0 Å². The SMILES string of the molecule is COC[C@H](C)Oc1cc(C(=O)Nc2nncs2)cc(OC(C)C)n1. The first-order valence-electron chi connectivity index (χ1n) is 7.39. The molecule has 2 heterocycles. The van der Waals surface area contributed by atoms with Crippen LogP contribution in [0.15, 0.2) is 17.6 Å². The molecule has 0 spiro atoms. The lowest BCUT2D eigenvalue weighted by atomic mass is 10.2. The lowest BCUT2D eigenvalue weighted by Gasteiger charge is -2.16. The van der Waals surface area contributed by atoms with Crippen LogP contribution in [0.25, 0.3) is 0 Å². The summed E-state index contributed by atoms with van der Waals surface area (Å²) in [5.74, 6) is 0.265. The van der Waals surface area contributed by atoms with E-state index >= 15 is 0 Å². The summed E-state index contributed by atoms with van der Waals surface area (Å²) < 4.78 is 16.3. The van der Waals surface area contributed by atoms with E-state index in [-0.39, 0.29) is 18.1 Å². The van der Waals surface area contributed by atoms with Gasteiger partial charge in [0.1, 0.15) is 11.6 Å². The molecule has 0 saturated heterocycles. The van der Waals surface area contributed by atoms with Gasteiger partial charge in [-0.2, -0.15) is 4.98 Å². The van der Waals surface area contributed by atoms with Crippen molar-refractivity contribution in [2.75, 3.05) is 19.0 Å². The first kappa shape index (κ1) is 18.1. The number of carbonyl (C=O) groups is 1. The summed E-state index contributed by atoms with van der Waals surface area (Å²) in [5.41, 5.74) is 1.90. The van der Waals surface area contributed by atoms with Crippen molar-refractivity contribution >= 4 is 22.4 Å². The molecule has 0 aromatic carbocycles. The number of pyridine rings is 1. The summed E-state index contributed by atoms with van der Waals surface area (Å²) in [6, 6.07) is 3.11. The molecule has 0 aliphatic heterocycles. The molecule has 0 fully saturated rings. The predicted octanol–water partition coefficient (Wildman–Crippen LogP) is 2.39. The molecule has 0 radical (unpaired) electrons. The minimum atomic E-state index is -0.341. The van der Waals surface area contributed by atoms with Crippen LogP contribution in [-0.2, 0) is 4.74 Å². The van der Waals surface area contributed by atoms with Crippen LogP contribution in [0.2, 0.25) is 0 Å². The van der Waals surface area contributed by atoms with Crippen LogP contribution >= 0.6 is 11.3 Å². The molecule has 130 valence electrons. The normalized spacial score (nSPS) is 12.0. The number of methoxy groups -OCH3 is 1. The standard InChI is InChI=1S/C15H20N4O4S/c1-9(2)22-12-5-11(14(20)18-15-19-16-8-24-15)6-13(17-12)23-10(3)7-21-4/h5-6,8-10H,7H2,1-4H3,(H,18,19,20)/t10-/m0/s1. The van der Waals surface area contributed by atoms with Gasteiger partial charge in [0.05, 0.1) is 18.3 Å². The largest absolute Gasteiger partial charge is 0.475 e. The molecule has 0 saturated carbocycles. The fourth-order valence-corrected chi connectivity index (χ4v) is 2.29. The molecule has 1 amide bonds. The molecule has 0 bridgehead atoms. The zero-order valence-corrected chi connectivity index (χ0v) is 14.8. The molecule has 1 N–H and O–H groups in total. The van der Waals surface area contributed by atoms with E-state index < -0.39 is 0 Å². The van der Waals surface area contributed by atoms with Crippen LogP contribution in [0.5, 0.6) is 11.8 Å². The van der Waals surface area contributed by atoms with Crippen molar-refractivity contribution in [3.63, 3.8) is 0 Å². The van der Waals surface area contributed by atoms with E-state index in [4.69, 9.17) is 14.2 Å². The quantitative estimate of drug-likeness (QED) is 0.779. The summed E-state index contributed by atoms with van der Waals surface area (Å²) in [6.07, 6.45) is -0.293. The summed E-state index contributed by atoms with van der Waals surface area (Å²) in [5, 5.41) is 10.6. The van der Waals surface area contributed by atoms with Crippen molar-refractivity contribution in [1.29, 1.82) is 0 Å². The Morgan fingerprint density at radius 2 is 1.96 bits per heavy atom. The first-order chi connectivity index (χ1) is 11.5. The Kier molecular flexibility index (Phi) is 6.44. The van der Waals surface area contributed by atoms with Gasteiger partial charge in [-0.25, -0.2) is 0 Å². The first-order valence-corrected chi connectivity index (χ1v) is 8.27. The van der Waals surface area contributed by atoms with Crippen molar-refractivity contribution in [3.05, 3.63) is 23.2 Å². The molecule has 2 aromatic heterocycles. The van der Waals surface area contributed by atoms with E-state index in [1.165, 1.54) is 16.8 Å². The maximum Gasteiger partial charge on any atom is 0.257 e. The molecule has 1 atom stereocenters. The fourth-order valence-electron chi connectivity index (χ4n) is 1.85. The maximum absolute atomic E-state index is 12.4. The lowest BCUT2D eigenvalue weighted by molar-refractivity contribution is 0.0876. The van der Waals surface area contributed by atoms with E-state index in [0.29, 0.717) is 29.1 Å². The number of amides is 1. The Morgan fingerprint density at radius 3 is 2.54 bits per heavy atom. The Labute approximate surface area is 144 Å². The van der Waals surface area contributed by atoms with E-state index in [9.17, 15) is 4.79 Å². The average molecular weight is 352 g/mol. The highest BCUT2D eigenvalue weighted by Gasteiger charge is 2.15. The van der Waals surface area contributed by atoms with Crippen molar-refractivity contribution in [1.82, 2.24) is 15.2 Å². The van der Waals surface area contributed by atoms with Crippen LogP contribution in [0.3, 0.4) is 0 Å². The van der Waals surface area contributed by atoms with Crippen molar-refractivity contribution in [2.24, 2.45) is 0 Å². The molecule has 2 aromatic rings. The number of rotatable bonds is 8. The van der Waals surface area contributed by atoms with Crippen LogP contribution in [0.4, 0.5) is 5.13 Å². The number of nitrogens with one attached hydrogen (secondary N) is 1. The van der Waals surface area contributed by atoms with Gasteiger partial charge in [0.25, 0.3) is 5.91 Å². The van der Waals surface area contributed by atoms with Gasteiger partial charge < -0.3 is 14.2 Å². The Hall–Kier alpha value is -2.26. The smallest absolute Gasteiger partial charge is 0.257 e. The number of ether oxygens (including phenoxy) is 3. The van der Waals surface area contributed by atoms with Gasteiger partial charge in [0.2, 0.25) is 16.9 Å². The van der Waals surface area contributed by atoms with Gasteiger partial charge in [-0.1, -0.05) is 11.3 Å². The second kappa shape index (κ2) is 8.55. The molecule has 8 nitrogen and oxygen atoms in total. The Balaban J connectivity index is 2.22. The molecular weight excluding hydrogens is 332 g/mol. The number of nitrogens with zero attached hydrogens (tertiary/aromatic N) is 3. The minimum Gasteiger partial charge on any atom is -0.475 e. The Bertz CT molecular complexity index is 663. The van der Waals surface area contributed by atoms with E-state index in [2.05, 4.69) is 20.5 Å². The third-order valence-electron chi connectivity index (χ3n) is 2.70. The lowest BCUT2D eigenvalue weighted by Crippen LogP contribution is -2.20. The fraction of sp³-hybridized carbons (Fsp3) is 0.467. The minimum absolute atomic E-state index is 0.0803. The van der Waals surface area contributed by atoms with Crippen molar-refractivity contribution < 1.29 is 19.0 Å². The molecule has 0 aliphatic rings. The number of hydrogen-bond acceptors (Lipinski definition) is 8. The predicted molar refractivity (Wildman–Crippen MR) is 89.8 cm³/mol. The van der Waals surface area contributed by atoms with Gasteiger partial charge >= 0.3 is 0 Å². The third kappa shape index (κ3) is 5.43. The van der Waals surface area contributed by atoms with Crippen LogP contribution in [0, 0.1) is 0 Å². The van der Waals surface area contributed by atoms with Gasteiger partial charge in [0.15, 0.2) is 0 Å². The van der Waals surface area contributed by atoms with E-state index in [1.54, 1.807) is 19.2 Å². The molecule has 24 heavy (non-hydrogen) atoms. The van der Waals surface area contributed by atoms with E-state index in [1.807, 2.05) is 20.8 Å². The van der Waals surface area contributed by atoms with Gasteiger partial charge in [-0.3, -0.25) is 10.1 Å². The molecule has 0 aliphatic carbocycles. The summed E-state index contributed by atoms with van der Waals surface area (Å²) in [7, 11) is 1.59. The average Bonchev–Trinajstić information content (AvgIpc) is 2.99. The Morgan fingerprint density at radius 1 is 1.25 bits per heavy atom. The second-order valence-corrected chi connectivity index (χ2v) is 6.11. The van der Waals surface area contributed by atoms with E-state index in [0.717, 1.165) is 0 Å². The highest BCUT2D eigenvalue weighted by atomic mass is 32.1. The van der Waals surface area contributed by atoms with Crippen LogP contribution in [-0.4, -0.2) is 47.0 Å². The highest BCUT2D eigenvalue weighted by Crippen LogP contribution is 2.21. The molecule has 2 rings (SSSR count). The second-order valence-electron chi connectivity index (χ2n) is 5.28. The number of aromatic nitrogens is 3. The molecular formula is C15H20N4O4S. The summed E-state index contributed by atoms with van der Waals surface area (Å²) in [4.78, 5) is 16.6. The summed E-state index contributed by atoms with van der Waals surface area (Å²) in [6.45, 7) is 6.01. The van der Waals surface area contributed by atoms with Crippen LogP contribution < -0.4 is 14.8 Å². The van der Waals surface area contributed by atoms with Gasteiger partial charge in [-0.15, -0.1) is 10.2 Å². The molecule has 0 unspecified atom stereocenters. The third-order valence-corrected chi connectivity index (χ3v) is 3.31. The highest BCUT2D eigenvalue weighted by molar-refractivity contribution is 7.13.